The molecule has 2 aliphatic heterocycles. The number of hydrogen-bond donors (Lipinski definition) is 1. The van der Waals surface area contributed by atoms with Crippen molar-refractivity contribution in [2.75, 3.05) is 50.7 Å². The van der Waals surface area contributed by atoms with Gasteiger partial charge in [0.15, 0.2) is 0 Å². The molecule has 228 valence electrons. The molecule has 1 aliphatic carbocycles. The lowest BCUT2D eigenvalue weighted by atomic mass is 9.79. The zero-order valence-electron chi connectivity index (χ0n) is 24.6. The maximum atomic E-state index is 14.0. The van der Waals surface area contributed by atoms with Gasteiger partial charge in [0.2, 0.25) is 5.91 Å². The monoisotopic (exact) mass is 617 g/mol. The standard InChI is InChI=1S/C31H41Cl2N5O4/c1-30(2,3)42-29(40)38-19-18-37(22-9-11-31(41,12-10-22)27-6-4-5-13-34-27)21-26(38)28(39)36-16-14-35(15-17-36)23-7-8-24(32)25(33)20-23/h4-8,13,20,22,26,41H,9-12,14-19,21H2,1-3H3. The molecule has 42 heavy (non-hydrogen) atoms. The zero-order valence-corrected chi connectivity index (χ0v) is 26.2. The average molecular weight is 619 g/mol. The third-order valence-electron chi connectivity index (χ3n) is 8.62. The summed E-state index contributed by atoms with van der Waals surface area (Å²) in [7, 11) is 0. The van der Waals surface area contributed by atoms with E-state index >= 15 is 0 Å². The summed E-state index contributed by atoms with van der Waals surface area (Å²) in [6.45, 7) is 9.41. The van der Waals surface area contributed by atoms with Crippen LogP contribution in [-0.4, -0.2) is 100 Å². The maximum Gasteiger partial charge on any atom is 0.411 e. The first kappa shape index (κ1) is 30.9. The Balaban J connectivity index is 1.26. The van der Waals surface area contributed by atoms with Crippen LogP contribution in [0.2, 0.25) is 10.0 Å². The first-order chi connectivity index (χ1) is 19.9. The van der Waals surface area contributed by atoms with Crippen molar-refractivity contribution in [3.8, 4) is 0 Å². The number of pyridine rings is 1. The Hall–Kier alpha value is -2.59. The van der Waals surface area contributed by atoms with Crippen LogP contribution in [0.5, 0.6) is 0 Å². The van der Waals surface area contributed by atoms with Crippen molar-refractivity contribution >= 4 is 40.9 Å². The molecule has 0 radical (unpaired) electrons. The number of nitrogens with zero attached hydrogens (tertiary/aromatic N) is 5. The highest BCUT2D eigenvalue weighted by molar-refractivity contribution is 6.42. The quantitative estimate of drug-likeness (QED) is 0.528. The topological polar surface area (TPSA) is 89.4 Å². The largest absolute Gasteiger partial charge is 0.444 e. The van der Waals surface area contributed by atoms with Gasteiger partial charge in [-0.3, -0.25) is 19.6 Å². The number of anilines is 1. The highest BCUT2D eigenvalue weighted by Crippen LogP contribution is 2.38. The van der Waals surface area contributed by atoms with Crippen molar-refractivity contribution < 1.29 is 19.4 Å². The Kier molecular flexibility index (Phi) is 9.23. The molecule has 3 aliphatic rings. The Bertz CT molecular complexity index is 1260. The summed E-state index contributed by atoms with van der Waals surface area (Å²) in [6.07, 6.45) is 4.07. The van der Waals surface area contributed by atoms with Gasteiger partial charge < -0.3 is 19.6 Å². The van der Waals surface area contributed by atoms with Crippen molar-refractivity contribution in [3.05, 3.63) is 58.3 Å². The van der Waals surface area contributed by atoms with E-state index in [0.717, 1.165) is 18.5 Å². The molecule has 1 N–H and O–H groups in total. The van der Waals surface area contributed by atoms with Crippen molar-refractivity contribution in [1.29, 1.82) is 0 Å². The van der Waals surface area contributed by atoms with Crippen molar-refractivity contribution in [2.45, 2.75) is 69.7 Å². The summed E-state index contributed by atoms with van der Waals surface area (Å²) in [5.74, 6) is -0.0554. The fourth-order valence-corrected chi connectivity index (χ4v) is 6.60. The molecule has 1 atom stereocenters. The van der Waals surface area contributed by atoms with E-state index in [4.69, 9.17) is 27.9 Å². The van der Waals surface area contributed by atoms with Crippen LogP contribution < -0.4 is 4.90 Å². The van der Waals surface area contributed by atoms with Crippen LogP contribution in [0.15, 0.2) is 42.6 Å². The summed E-state index contributed by atoms with van der Waals surface area (Å²) in [6, 6.07) is 10.8. The van der Waals surface area contributed by atoms with E-state index in [-0.39, 0.29) is 11.9 Å². The second-order valence-electron chi connectivity index (χ2n) is 12.6. The average Bonchev–Trinajstić information content (AvgIpc) is 2.98. The predicted molar refractivity (Wildman–Crippen MR) is 164 cm³/mol. The third kappa shape index (κ3) is 6.96. The van der Waals surface area contributed by atoms with Crippen molar-refractivity contribution in [1.82, 2.24) is 19.7 Å². The molecule has 11 heteroatoms. The number of carbonyl (C=O) groups excluding carboxylic acids is 2. The van der Waals surface area contributed by atoms with Crippen LogP contribution in [-0.2, 0) is 15.1 Å². The molecule has 0 bridgehead atoms. The number of benzene rings is 1. The van der Waals surface area contributed by atoms with Gasteiger partial charge in [0.25, 0.3) is 0 Å². The second kappa shape index (κ2) is 12.6. The van der Waals surface area contributed by atoms with Gasteiger partial charge >= 0.3 is 6.09 Å². The minimum absolute atomic E-state index is 0.0554. The van der Waals surface area contributed by atoms with Gasteiger partial charge in [0.05, 0.1) is 15.7 Å². The van der Waals surface area contributed by atoms with Gasteiger partial charge in [-0.05, 0) is 76.8 Å². The number of halogens is 2. The Morgan fingerprint density at radius 3 is 2.31 bits per heavy atom. The molecule has 2 aromatic rings. The zero-order chi connectivity index (χ0) is 30.1. The number of rotatable bonds is 4. The molecule has 3 heterocycles. The Morgan fingerprint density at radius 2 is 1.69 bits per heavy atom. The normalized spacial score (nSPS) is 25.8. The smallest absolute Gasteiger partial charge is 0.411 e. The fraction of sp³-hybridized carbons (Fsp3) is 0.581. The molecule has 3 fully saturated rings. The molecule has 1 saturated carbocycles. The predicted octanol–water partition coefficient (Wildman–Crippen LogP) is 4.79. The van der Waals surface area contributed by atoms with Gasteiger partial charge in [-0.15, -0.1) is 0 Å². The molecule has 1 aromatic carbocycles. The van der Waals surface area contributed by atoms with E-state index in [1.54, 1.807) is 17.2 Å². The number of aliphatic hydroxyl groups is 1. The molecule has 0 spiro atoms. The van der Waals surface area contributed by atoms with E-state index in [1.807, 2.05) is 56.0 Å². The number of ether oxygens (including phenoxy) is 1. The minimum Gasteiger partial charge on any atom is -0.444 e. The maximum absolute atomic E-state index is 14.0. The van der Waals surface area contributed by atoms with Crippen LogP contribution in [0, 0.1) is 0 Å². The molecule has 1 unspecified atom stereocenters. The van der Waals surface area contributed by atoms with Gasteiger partial charge in [0.1, 0.15) is 17.2 Å². The molecule has 2 saturated heterocycles. The molecule has 2 amide bonds. The van der Waals surface area contributed by atoms with Crippen molar-refractivity contribution in [2.24, 2.45) is 0 Å². The third-order valence-corrected chi connectivity index (χ3v) is 9.36. The van der Waals surface area contributed by atoms with Crippen molar-refractivity contribution in [3.63, 3.8) is 0 Å². The molecule has 1 aromatic heterocycles. The van der Waals surface area contributed by atoms with Crippen LogP contribution >= 0.6 is 23.2 Å². The summed E-state index contributed by atoms with van der Waals surface area (Å²) >= 11 is 12.3. The molecule has 5 rings (SSSR count). The summed E-state index contributed by atoms with van der Waals surface area (Å²) < 4.78 is 5.72. The lowest BCUT2D eigenvalue weighted by Crippen LogP contribution is -2.64. The minimum atomic E-state index is -0.931. The van der Waals surface area contributed by atoms with Crippen LogP contribution in [0.1, 0.15) is 52.1 Å². The number of aromatic nitrogens is 1. The number of carbonyl (C=O) groups is 2. The van der Waals surface area contributed by atoms with E-state index < -0.39 is 23.3 Å². The first-order valence-corrected chi connectivity index (χ1v) is 15.6. The SMILES string of the molecule is CC(C)(C)OC(=O)N1CCN(C2CCC(O)(c3ccccn3)CC2)CC1C(=O)N1CCN(c2ccc(Cl)c(Cl)c2)CC1. The van der Waals surface area contributed by atoms with Gasteiger partial charge in [0, 0.05) is 63.7 Å². The van der Waals surface area contributed by atoms with E-state index in [1.165, 1.54) is 0 Å². The number of piperazine rings is 2. The summed E-state index contributed by atoms with van der Waals surface area (Å²) in [5, 5.41) is 12.3. The highest BCUT2D eigenvalue weighted by Gasteiger charge is 2.44. The fourth-order valence-electron chi connectivity index (χ4n) is 6.30. The van der Waals surface area contributed by atoms with E-state index in [0.29, 0.717) is 74.4 Å². The first-order valence-electron chi connectivity index (χ1n) is 14.8. The van der Waals surface area contributed by atoms with Crippen LogP contribution in [0.25, 0.3) is 0 Å². The van der Waals surface area contributed by atoms with E-state index in [2.05, 4.69) is 14.8 Å². The van der Waals surface area contributed by atoms with Gasteiger partial charge in [-0.25, -0.2) is 4.79 Å². The summed E-state index contributed by atoms with van der Waals surface area (Å²) in [4.78, 5) is 39.7. The lowest BCUT2D eigenvalue weighted by Gasteiger charge is -2.48. The molecular weight excluding hydrogens is 577 g/mol. The Morgan fingerprint density at radius 1 is 0.976 bits per heavy atom. The van der Waals surface area contributed by atoms with Gasteiger partial charge in [-0.1, -0.05) is 29.3 Å². The summed E-state index contributed by atoms with van der Waals surface area (Å²) in [5.41, 5.74) is 0.0938. The highest BCUT2D eigenvalue weighted by atomic mass is 35.5. The van der Waals surface area contributed by atoms with Crippen LogP contribution in [0.3, 0.4) is 0 Å². The van der Waals surface area contributed by atoms with Gasteiger partial charge in [-0.2, -0.15) is 0 Å². The Labute approximate surface area is 258 Å². The second-order valence-corrected chi connectivity index (χ2v) is 13.4. The van der Waals surface area contributed by atoms with Crippen LogP contribution in [0.4, 0.5) is 10.5 Å². The molecular formula is C31H41Cl2N5O4. The molecule has 9 nitrogen and oxygen atoms in total. The number of hydrogen-bond acceptors (Lipinski definition) is 7. The lowest BCUT2D eigenvalue weighted by molar-refractivity contribution is -0.140. The van der Waals surface area contributed by atoms with E-state index in [9.17, 15) is 14.7 Å². The number of amides is 2.